The predicted molar refractivity (Wildman–Crippen MR) is 84.2 cm³/mol. The molecule has 0 spiro atoms. The molecule has 0 radical (unpaired) electrons. The summed E-state index contributed by atoms with van der Waals surface area (Å²) in [6.07, 6.45) is -4.46. The summed E-state index contributed by atoms with van der Waals surface area (Å²) in [5.74, 6) is -1.21. The molecule has 0 aliphatic carbocycles. The van der Waals surface area contributed by atoms with Crippen molar-refractivity contribution in [3.63, 3.8) is 0 Å². The van der Waals surface area contributed by atoms with Gasteiger partial charge in [0, 0.05) is 18.7 Å². The third-order valence-corrected chi connectivity index (χ3v) is 3.32. The van der Waals surface area contributed by atoms with E-state index >= 15 is 0 Å². The lowest BCUT2D eigenvalue weighted by Gasteiger charge is -2.09. The Morgan fingerprint density at radius 3 is 2.00 bits per heavy atom. The summed E-state index contributed by atoms with van der Waals surface area (Å²) in [5.41, 5.74) is -0.643. The van der Waals surface area contributed by atoms with Gasteiger partial charge >= 0.3 is 6.18 Å². The molecule has 0 saturated carbocycles. The first-order chi connectivity index (χ1) is 11.8. The number of halogens is 3. The summed E-state index contributed by atoms with van der Waals surface area (Å²) < 4.78 is 37.4. The lowest BCUT2D eigenvalue weighted by atomic mass is 10.1. The van der Waals surface area contributed by atoms with E-state index in [1.165, 1.54) is 12.1 Å². The van der Waals surface area contributed by atoms with E-state index in [9.17, 15) is 27.9 Å². The second-order valence-corrected chi connectivity index (χ2v) is 5.10. The average Bonchev–Trinajstić information content (AvgIpc) is 2.58. The van der Waals surface area contributed by atoms with Crippen molar-refractivity contribution in [1.82, 2.24) is 10.6 Å². The summed E-state index contributed by atoms with van der Waals surface area (Å²) in [7, 11) is 0. The van der Waals surface area contributed by atoms with Crippen LogP contribution in [0.25, 0.3) is 0 Å². The number of phenols is 1. The van der Waals surface area contributed by atoms with Crippen LogP contribution in [0.15, 0.2) is 48.5 Å². The number of aromatic hydroxyl groups is 1. The molecule has 0 saturated heterocycles. The Hall–Kier alpha value is -3.03. The molecule has 25 heavy (non-hydrogen) atoms. The lowest BCUT2D eigenvalue weighted by molar-refractivity contribution is -0.137. The largest absolute Gasteiger partial charge is 0.507 e. The number of alkyl halides is 3. The summed E-state index contributed by atoms with van der Waals surface area (Å²) in [6, 6.07) is 9.82. The highest BCUT2D eigenvalue weighted by Gasteiger charge is 2.30. The molecule has 0 aliphatic heterocycles. The summed E-state index contributed by atoms with van der Waals surface area (Å²) in [4.78, 5) is 23.7. The molecule has 3 N–H and O–H groups in total. The highest BCUT2D eigenvalue weighted by Crippen LogP contribution is 2.29. The molecule has 0 unspecified atom stereocenters. The fraction of sp³-hybridized carbons (Fsp3) is 0.176. The lowest BCUT2D eigenvalue weighted by Crippen LogP contribution is -2.34. The number of hydrogen-bond donors (Lipinski definition) is 3. The fourth-order valence-electron chi connectivity index (χ4n) is 2.03. The standard InChI is InChI=1S/C17H15F3N2O3/c18-17(19,20)12-7-5-11(6-8-12)15(24)21-9-10-22-16(25)13-3-1-2-4-14(13)23/h1-8,23H,9-10H2,(H,21,24)(H,22,25). The van der Waals surface area contributed by atoms with Gasteiger partial charge in [0.1, 0.15) is 5.75 Å². The van der Waals surface area contributed by atoms with Crippen molar-refractivity contribution in [2.45, 2.75) is 6.18 Å². The molecule has 0 aliphatic rings. The van der Waals surface area contributed by atoms with Crippen molar-refractivity contribution in [2.24, 2.45) is 0 Å². The Balaban J connectivity index is 1.81. The minimum absolute atomic E-state index is 0.0825. The van der Waals surface area contributed by atoms with Gasteiger partial charge in [0.2, 0.25) is 0 Å². The number of nitrogens with one attached hydrogen (secondary N) is 2. The maximum Gasteiger partial charge on any atom is 0.416 e. The second kappa shape index (κ2) is 7.69. The van der Waals surface area contributed by atoms with Gasteiger partial charge in [-0.3, -0.25) is 9.59 Å². The zero-order valence-electron chi connectivity index (χ0n) is 12.9. The highest BCUT2D eigenvalue weighted by atomic mass is 19.4. The van der Waals surface area contributed by atoms with Crippen molar-refractivity contribution in [1.29, 1.82) is 0 Å². The van der Waals surface area contributed by atoms with E-state index in [4.69, 9.17) is 0 Å². The SMILES string of the molecule is O=C(NCCNC(=O)c1ccccc1O)c1ccc(C(F)(F)F)cc1. The Bertz CT molecular complexity index is 758. The monoisotopic (exact) mass is 352 g/mol. The quantitative estimate of drug-likeness (QED) is 0.724. The van der Waals surface area contributed by atoms with E-state index in [1.807, 2.05) is 0 Å². The number of benzene rings is 2. The fourth-order valence-corrected chi connectivity index (χ4v) is 2.03. The minimum atomic E-state index is -4.46. The Morgan fingerprint density at radius 1 is 0.880 bits per heavy atom. The molecule has 2 amide bonds. The minimum Gasteiger partial charge on any atom is -0.507 e. The summed E-state index contributed by atoms with van der Waals surface area (Å²) >= 11 is 0. The van der Waals surface area contributed by atoms with Gasteiger partial charge in [-0.05, 0) is 36.4 Å². The molecular formula is C17H15F3N2O3. The first-order valence-corrected chi connectivity index (χ1v) is 7.30. The maximum absolute atomic E-state index is 12.5. The van der Waals surface area contributed by atoms with Crippen molar-refractivity contribution in [3.8, 4) is 5.75 Å². The first-order valence-electron chi connectivity index (χ1n) is 7.30. The van der Waals surface area contributed by atoms with Crippen molar-refractivity contribution in [3.05, 3.63) is 65.2 Å². The third kappa shape index (κ3) is 4.97. The van der Waals surface area contributed by atoms with Crippen LogP contribution >= 0.6 is 0 Å². The number of phenolic OH excluding ortho intramolecular Hbond substituents is 1. The first kappa shape index (κ1) is 18.3. The van der Waals surface area contributed by atoms with Gasteiger partial charge < -0.3 is 15.7 Å². The predicted octanol–water partition coefficient (Wildman–Crippen LogP) is 2.57. The molecule has 0 atom stereocenters. The van der Waals surface area contributed by atoms with Crippen LogP contribution in [0.2, 0.25) is 0 Å². The number of carbonyl (C=O) groups is 2. The van der Waals surface area contributed by atoms with Crippen molar-refractivity contribution >= 4 is 11.8 Å². The molecule has 5 nitrogen and oxygen atoms in total. The Kier molecular flexibility index (Phi) is 5.63. The Labute approximate surface area is 141 Å². The van der Waals surface area contributed by atoms with Crippen LogP contribution in [0.5, 0.6) is 5.75 Å². The van der Waals surface area contributed by atoms with E-state index in [-0.39, 0.29) is 30.0 Å². The summed E-state index contributed by atoms with van der Waals surface area (Å²) in [6.45, 7) is 0.179. The van der Waals surface area contributed by atoms with Crippen LogP contribution < -0.4 is 10.6 Å². The number of hydrogen-bond acceptors (Lipinski definition) is 3. The van der Waals surface area contributed by atoms with Gasteiger partial charge in [0.15, 0.2) is 0 Å². The average molecular weight is 352 g/mol. The zero-order chi connectivity index (χ0) is 18.4. The van der Waals surface area contributed by atoms with Crippen LogP contribution in [0.3, 0.4) is 0 Å². The van der Waals surface area contributed by atoms with Crippen molar-refractivity contribution in [2.75, 3.05) is 13.1 Å². The van der Waals surface area contributed by atoms with Gasteiger partial charge in [-0.2, -0.15) is 13.2 Å². The van der Waals surface area contributed by atoms with Gasteiger partial charge in [-0.15, -0.1) is 0 Å². The highest BCUT2D eigenvalue weighted by molar-refractivity contribution is 5.97. The number of para-hydroxylation sites is 1. The van der Waals surface area contributed by atoms with Gasteiger partial charge in [0.05, 0.1) is 11.1 Å². The van der Waals surface area contributed by atoms with Gasteiger partial charge in [0.25, 0.3) is 11.8 Å². The molecule has 0 aromatic heterocycles. The van der Waals surface area contributed by atoms with Crippen LogP contribution in [-0.2, 0) is 6.18 Å². The van der Waals surface area contributed by atoms with E-state index in [0.717, 1.165) is 24.3 Å². The molecule has 0 bridgehead atoms. The molecule has 2 aromatic rings. The second-order valence-electron chi connectivity index (χ2n) is 5.10. The van der Waals surface area contributed by atoms with Crippen LogP contribution in [0.1, 0.15) is 26.3 Å². The maximum atomic E-state index is 12.5. The zero-order valence-corrected chi connectivity index (χ0v) is 12.9. The molecular weight excluding hydrogens is 337 g/mol. The molecule has 132 valence electrons. The molecule has 8 heteroatoms. The Morgan fingerprint density at radius 2 is 1.44 bits per heavy atom. The normalized spacial score (nSPS) is 11.0. The number of carbonyl (C=O) groups excluding carboxylic acids is 2. The number of amides is 2. The van der Waals surface area contributed by atoms with Gasteiger partial charge in [-0.25, -0.2) is 0 Å². The topological polar surface area (TPSA) is 78.4 Å². The van der Waals surface area contributed by atoms with E-state index in [2.05, 4.69) is 10.6 Å². The van der Waals surface area contributed by atoms with Crippen LogP contribution in [0.4, 0.5) is 13.2 Å². The van der Waals surface area contributed by atoms with Crippen LogP contribution in [-0.4, -0.2) is 30.0 Å². The smallest absolute Gasteiger partial charge is 0.416 e. The molecule has 0 fully saturated rings. The molecule has 2 rings (SSSR count). The van der Waals surface area contributed by atoms with Gasteiger partial charge in [-0.1, -0.05) is 12.1 Å². The van der Waals surface area contributed by atoms with E-state index < -0.39 is 23.6 Å². The third-order valence-electron chi connectivity index (χ3n) is 3.32. The molecule has 2 aromatic carbocycles. The van der Waals surface area contributed by atoms with Crippen LogP contribution in [0, 0.1) is 0 Å². The van der Waals surface area contributed by atoms with Crippen molar-refractivity contribution < 1.29 is 27.9 Å². The number of rotatable bonds is 5. The summed E-state index contributed by atoms with van der Waals surface area (Å²) in [5, 5.41) is 14.5. The van der Waals surface area contributed by atoms with E-state index in [1.54, 1.807) is 12.1 Å². The van der Waals surface area contributed by atoms with E-state index in [0.29, 0.717) is 0 Å². The molecule has 0 heterocycles.